The predicted octanol–water partition coefficient (Wildman–Crippen LogP) is 13.1. The topological polar surface area (TPSA) is 21.3 Å². The molecule has 0 aliphatic heterocycles. The van der Waals surface area contributed by atoms with Crippen molar-refractivity contribution in [2.45, 2.75) is 0 Å². The number of benzene rings is 9. The molecule has 11 rings (SSSR count). The van der Waals surface area contributed by atoms with E-state index in [1.54, 1.807) is 0 Å². The maximum atomic E-state index is 6.73. The van der Waals surface area contributed by atoms with Gasteiger partial charge in [0.25, 0.3) is 0 Å². The first kappa shape index (κ1) is 26.5. The van der Waals surface area contributed by atoms with Crippen LogP contribution < -0.4 is 4.90 Å². The van der Waals surface area contributed by atoms with Crippen LogP contribution in [0.25, 0.3) is 81.7 Å². The minimum atomic E-state index is 0.871. The Bertz CT molecular complexity index is 3030. The zero-order valence-electron chi connectivity index (χ0n) is 26.5. The SMILES string of the molecule is c1ccc(N(c2ccc3c(c2)oc2ccc4c(c5ccccc5n4-c4ccccc4)c23)c2ccc3ccc4cccc5ccc2c3c45)cc1. The first-order valence-corrected chi connectivity index (χ1v) is 16.8. The van der Waals surface area contributed by atoms with Gasteiger partial charge in [0, 0.05) is 50.1 Å². The molecule has 0 atom stereocenters. The predicted molar refractivity (Wildman–Crippen MR) is 206 cm³/mol. The van der Waals surface area contributed by atoms with Crippen molar-refractivity contribution >= 4 is 93.1 Å². The second-order valence-electron chi connectivity index (χ2n) is 12.9. The number of nitrogens with zero attached hydrogens (tertiary/aromatic N) is 2. The molecule has 0 aliphatic carbocycles. The molecule has 0 saturated carbocycles. The Morgan fingerprint density at radius 3 is 1.92 bits per heavy atom. The zero-order valence-corrected chi connectivity index (χ0v) is 26.5. The van der Waals surface area contributed by atoms with Crippen LogP contribution in [0.3, 0.4) is 0 Å². The molecule has 2 heterocycles. The quantitative estimate of drug-likeness (QED) is 0.182. The van der Waals surface area contributed by atoms with Crippen LogP contribution in [0, 0.1) is 0 Å². The van der Waals surface area contributed by atoms with Crippen LogP contribution in [-0.2, 0) is 0 Å². The standard InChI is InChI=1S/C46H28N2O/c1-3-12-32(13-4-1)47(39-25-21-31-19-18-29-10-9-11-30-20-23-36(39)44(31)43(29)30)34-22-24-37-42(28-34)49-41-27-26-40-45(46(37)41)35-16-7-8-17-38(35)48(40)33-14-5-2-6-15-33/h1-28H. The number of aromatic nitrogens is 1. The van der Waals surface area contributed by atoms with Crippen LogP contribution in [0.2, 0.25) is 0 Å². The number of fused-ring (bicyclic) bond motifs is 7. The first-order valence-electron chi connectivity index (χ1n) is 16.8. The lowest BCUT2D eigenvalue weighted by atomic mass is 9.93. The van der Waals surface area contributed by atoms with E-state index in [2.05, 4.69) is 179 Å². The summed E-state index contributed by atoms with van der Waals surface area (Å²) in [7, 11) is 0. The Morgan fingerprint density at radius 2 is 1.08 bits per heavy atom. The molecule has 228 valence electrons. The number of hydrogen-bond acceptors (Lipinski definition) is 2. The zero-order chi connectivity index (χ0) is 32.1. The number of para-hydroxylation sites is 3. The van der Waals surface area contributed by atoms with Gasteiger partial charge in [0.05, 0.1) is 16.7 Å². The van der Waals surface area contributed by atoms with Crippen molar-refractivity contribution in [3.05, 3.63) is 170 Å². The highest BCUT2D eigenvalue weighted by molar-refractivity contribution is 6.28. The summed E-state index contributed by atoms with van der Waals surface area (Å²) in [5.41, 5.74) is 8.56. The Morgan fingerprint density at radius 1 is 0.388 bits per heavy atom. The summed E-state index contributed by atoms with van der Waals surface area (Å²) in [5.74, 6) is 0. The van der Waals surface area contributed by atoms with Crippen molar-refractivity contribution in [1.29, 1.82) is 0 Å². The van der Waals surface area contributed by atoms with Gasteiger partial charge in [-0.3, -0.25) is 0 Å². The lowest BCUT2D eigenvalue weighted by Crippen LogP contribution is -2.10. The molecule has 0 saturated heterocycles. The second kappa shape index (κ2) is 9.96. The van der Waals surface area contributed by atoms with Crippen molar-refractivity contribution < 1.29 is 4.42 Å². The normalized spacial score (nSPS) is 12.1. The number of hydrogen-bond donors (Lipinski definition) is 0. The smallest absolute Gasteiger partial charge is 0.137 e. The highest BCUT2D eigenvalue weighted by atomic mass is 16.3. The first-order chi connectivity index (χ1) is 24.3. The molecule has 0 fully saturated rings. The molecule has 3 nitrogen and oxygen atoms in total. The van der Waals surface area contributed by atoms with Gasteiger partial charge >= 0.3 is 0 Å². The maximum absolute atomic E-state index is 6.73. The Hall–Kier alpha value is -6.58. The van der Waals surface area contributed by atoms with Crippen LogP contribution in [0.5, 0.6) is 0 Å². The molecule has 0 radical (unpaired) electrons. The van der Waals surface area contributed by atoms with Crippen molar-refractivity contribution in [1.82, 2.24) is 4.57 Å². The Balaban J connectivity index is 1.18. The maximum Gasteiger partial charge on any atom is 0.137 e. The van der Waals surface area contributed by atoms with E-state index in [4.69, 9.17) is 4.42 Å². The molecule has 0 bridgehead atoms. The Kier molecular flexibility index (Phi) is 5.38. The van der Waals surface area contributed by atoms with Crippen LogP contribution in [0.1, 0.15) is 0 Å². The minimum Gasteiger partial charge on any atom is -0.456 e. The van der Waals surface area contributed by atoms with E-state index in [-0.39, 0.29) is 0 Å². The average molecular weight is 625 g/mol. The van der Waals surface area contributed by atoms with Gasteiger partial charge in [-0.25, -0.2) is 0 Å². The molecule has 9 aromatic carbocycles. The lowest BCUT2D eigenvalue weighted by Gasteiger charge is -2.27. The van der Waals surface area contributed by atoms with Gasteiger partial charge in [-0.1, -0.05) is 103 Å². The van der Waals surface area contributed by atoms with Gasteiger partial charge in [-0.2, -0.15) is 0 Å². The van der Waals surface area contributed by atoms with Crippen molar-refractivity contribution in [2.75, 3.05) is 4.90 Å². The van der Waals surface area contributed by atoms with Crippen molar-refractivity contribution in [3.63, 3.8) is 0 Å². The van der Waals surface area contributed by atoms with E-state index in [1.807, 2.05) is 0 Å². The van der Waals surface area contributed by atoms with Gasteiger partial charge in [0.1, 0.15) is 11.2 Å². The van der Waals surface area contributed by atoms with Crippen LogP contribution in [-0.4, -0.2) is 4.57 Å². The lowest BCUT2D eigenvalue weighted by molar-refractivity contribution is 0.669. The molecule has 0 N–H and O–H groups in total. The fourth-order valence-electron chi connectivity index (χ4n) is 8.23. The Labute approximate surface area is 281 Å². The summed E-state index contributed by atoms with van der Waals surface area (Å²) < 4.78 is 9.09. The minimum absolute atomic E-state index is 0.871. The van der Waals surface area contributed by atoms with Crippen LogP contribution in [0.15, 0.2) is 174 Å². The molecular weight excluding hydrogens is 597 g/mol. The van der Waals surface area contributed by atoms with Crippen molar-refractivity contribution in [2.24, 2.45) is 0 Å². The summed E-state index contributed by atoms with van der Waals surface area (Å²) >= 11 is 0. The fourth-order valence-corrected chi connectivity index (χ4v) is 8.23. The fraction of sp³-hybridized carbons (Fsp3) is 0. The third kappa shape index (κ3) is 3.73. The third-order valence-corrected chi connectivity index (χ3v) is 10.3. The molecule has 2 aromatic heterocycles. The molecular formula is C46H28N2O. The summed E-state index contributed by atoms with van der Waals surface area (Å²) in [6.07, 6.45) is 0. The van der Waals surface area contributed by atoms with Gasteiger partial charge < -0.3 is 13.9 Å². The largest absolute Gasteiger partial charge is 0.456 e. The van der Waals surface area contributed by atoms with E-state index in [0.717, 1.165) is 44.7 Å². The second-order valence-corrected chi connectivity index (χ2v) is 12.9. The van der Waals surface area contributed by atoms with E-state index < -0.39 is 0 Å². The van der Waals surface area contributed by atoms with Gasteiger partial charge in [0.2, 0.25) is 0 Å². The summed E-state index contributed by atoms with van der Waals surface area (Å²) in [4.78, 5) is 2.37. The van der Waals surface area contributed by atoms with Gasteiger partial charge in [-0.15, -0.1) is 0 Å². The number of rotatable bonds is 4. The molecule has 11 aromatic rings. The molecule has 0 amide bonds. The molecule has 0 unspecified atom stereocenters. The van der Waals surface area contributed by atoms with E-state index >= 15 is 0 Å². The summed E-state index contributed by atoms with van der Waals surface area (Å²) in [6.45, 7) is 0. The number of anilines is 3. The third-order valence-electron chi connectivity index (χ3n) is 10.3. The number of furan rings is 1. The molecule has 0 aliphatic rings. The monoisotopic (exact) mass is 624 g/mol. The molecule has 49 heavy (non-hydrogen) atoms. The summed E-state index contributed by atoms with van der Waals surface area (Å²) in [5, 5.41) is 12.3. The van der Waals surface area contributed by atoms with Crippen LogP contribution >= 0.6 is 0 Å². The van der Waals surface area contributed by atoms with Crippen molar-refractivity contribution in [3.8, 4) is 5.69 Å². The van der Waals surface area contributed by atoms with Crippen LogP contribution in [0.4, 0.5) is 17.1 Å². The van der Waals surface area contributed by atoms with E-state index in [9.17, 15) is 0 Å². The highest BCUT2D eigenvalue weighted by Crippen LogP contribution is 2.46. The summed E-state index contributed by atoms with van der Waals surface area (Å²) in [6, 6.07) is 61.1. The van der Waals surface area contributed by atoms with E-state index in [1.165, 1.54) is 54.1 Å². The highest BCUT2D eigenvalue weighted by Gasteiger charge is 2.22. The molecule has 3 heteroatoms. The van der Waals surface area contributed by atoms with Gasteiger partial charge in [0.15, 0.2) is 0 Å². The molecule has 0 spiro atoms. The van der Waals surface area contributed by atoms with Gasteiger partial charge in [-0.05, 0) is 87.6 Å². The van der Waals surface area contributed by atoms with E-state index in [0.29, 0.717) is 0 Å². The average Bonchev–Trinajstić information content (AvgIpc) is 3.70.